The normalized spacial score (nSPS) is 12.4. The molecule has 0 radical (unpaired) electrons. The number of hydrogen-bond acceptors (Lipinski definition) is 2. The molecule has 1 aromatic carbocycles. The molecule has 2 aromatic rings. The molecule has 1 atom stereocenters. The van der Waals surface area contributed by atoms with E-state index >= 15 is 0 Å². The van der Waals surface area contributed by atoms with Gasteiger partial charge in [0, 0.05) is 36.5 Å². The monoisotopic (exact) mass is 287 g/mol. The van der Waals surface area contributed by atoms with Crippen LogP contribution < -0.4 is 10.6 Å². The van der Waals surface area contributed by atoms with Crippen LogP contribution in [0.2, 0.25) is 0 Å². The largest absolute Gasteiger partial charge is 0.361 e. The molecule has 1 aromatic heterocycles. The van der Waals surface area contributed by atoms with Crippen molar-refractivity contribution in [2.24, 2.45) is 0 Å². The number of hydrogen-bond donors (Lipinski definition) is 3. The SMILES string of the molecule is CC(=O)N[C@@H](Cc1c[nH]c2ccccc12)C(=O)NC(C)C. The van der Waals surface area contributed by atoms with Gasteiger partial charge in [0.05, 0.1) is 0 Å². The standard InChI is InChI=1S/C16H21N3O2/c1-10(2)18-16(21)15(19-11(3)20)8-12-9-17-14-7-5-4-6-13(12)14/h4-7,9-10,15,17H,8H2,1-3H3,(H,18,21)(H,19,20)/t15-/m0/s1. The highest BCUT2D eigenvalue weighted by atomic mass is 16.2. The molecule has 3 N–H and O–H groups in total. The summed E-state index contributed by atoms with van der Waals surface area (Å²) < 4.78 is 0. The van der Waals surface area contributed by atoms with Crippen LogP contribution in [0, 0.1) is 0 Å². The van der Waals surface area contributed by atoms with Crippen molar-refractivity contribution in [2.75, 3.05) is 0 Å². The van der Waals surface area contributed by atoms with E-state index in [0.717, 1.165) is 16.5 Å². The van der Waals surface area contributed by atoms with Crippen LogP contribution >= 0.6 is 0 Å². The number of benzene rings is 1. The van der Waals surface area contributed by atoms with Crippen molar-refractivity contribution >= 4 is 22.7 Å². The molecule has 0 aliphatic heterocycles. The molecule has 0 saturated heterocycles. The maximum absolute atomic E-state index is 12.2. The van der Waals surface area contributed by atoms with Crippen LogP contribution in [0.15, 0.2) is 30.5 Å². The number of fused-ring (bicyclic) bond motifs is 1. The van der Waals surface area contributed by atoms with Gasteiger partial charge in [0.15, 0.2) is 0 Å². The fourth-order valence-electron chi connectivity index (χ4n) is 2.36. The second-order valence-electron chi connectivity index (χ2n) is 5.48. The Morgan fingerprint density at radius 3 is 2.57 bits per heavy atom. The van der Waals surface area contributed by atoms with Crippen LogP contribution in [0.25, 0.3) is 10.9 Å². The van der Waals surface area contributed by atoms with Gasteiger partial charge in [0.1, 0.15) is 6.04 Å². The first-order valence-corrected chi connectivity index (χ1v) is 7.10. The lowest BCUT2D eigenvalue weighted by atomic mass is 10.0. The Balaban J connectivity index is 2.21. The maximum Gasteiger partial charge on any atom is 0.243 e. The van der Waals surface area contributed by atoms with Gasteiger partial charge in [-0.15, -0.1) is 0 Å². The third kappa shape index (κ3) is 3.84. The van der Waals surface area contributed by atoms with Crippen LogP contribution in [-0.4, -0.2) is 28.9 Å². The number of amides is 2. The summed E-state index contributed by atoms with van der Waals surface area (Å²) in [7, 11) is 0. The van der Waals surface area contributed by atoms with Gasteiger partial charge in [-0.1, -0.05) is 18.2 Å². The Hall–Kier alpha value is -2.30. The van der Waals surface area contributed by atoms with Crippen molar-refractivity contribution in [3.05, 3.63) is 36.0 Å². The fraction of sp³-hybridized carbons (Fsp3) is 0.375. The zero-order valence-electron chi connectivity index (χ0n) is 12.6. The van der Waals surface area contributed by atoms with Crippen molar-refractivity contribution in [1.29, 1.82) is 0 Å². The third-order valence-corrected chi connectivity index (χ3v) is 3.22. The predicted molar refractivity (Wildman–Crippen MR) is 82.9 cm³/mol. The van der Waals surface area contributed by atoms with E-state index in [1.165, 1.54) is 6.92 Å². The average molecular weight is 287 g/mol. The zero-order valence-corrected chi connectivity index (χ0v) is 12.6. The van der Waals surface area contributed by atoms with Gasteiger partial charge in [0.25, 0.3) is 0 Å². The van der Waals surface area contributed by atoms with E-state index < -0.39 is 6.04 Å². The van der Waals surface area contributed by atoms with E-state index in [9.17, 15) is 9.59 Å². The third-order valence-electron chi connectivity index (χ3n) is 3.22. The molecule has 0 aliphatic rings. The minimum Gasteiger partial charge on any atom is -0.361 e. The van der Waals surface area contributed by atoms with Gasteiger partial charge in [-0.3, -0.25) is 9.59 Å². The quantitative estimate of drug-likeness (QED) is 0.783. The molecule has 0 fully saturated rings. The highest BCUT2D eigenvalue weighted by Crippen LogP contribution is 2.19. The van der Waals surface area contributed by atoms with Crippen molar-refractivity contribution in [3.63, 3.8) is 0 Å². The summed E-state index contributed by atoms with van der Waals surface area (Å²) in [5.41, 5.74) is 2.04. The van der Waals surface area contributed by atoms with E-state index in [1.54, 1.807) is 0 Å². The Morgan fingerprint density at radius 1 is 1.19 bits per heavy atom. The van der Waals surface area contributed by atoms with Gasteiger partial charge >= 0.3 is 0 Å². The number of H-pyrrole nitrogens is 1. The van der Waals surface area contributed by atoms with Gasteiger partial charge < -0.3 is 15.6 Å². The Bertz CT molecular complexity index is 646. The molecule has 2 amide bonds. The van der Waals surface area contributed by atoms with E-state index in [-0.39, 0.29) is 17.9 Å². The molecule has 0 bridgehead atoms. The summed E-state index contributed by atoms with van der Waals surface area (Å²) in [6.45, 7) is 5.22. The predicted octanol–water partition coefficient (Wildman–Crippen LogP) is 1.74. The number of aromatic nitrogens is 1. The molecular weight excluding hydrogens is 266 g/mol. The number of rotatable bonds is 5. The second kappa shape index (κ2) is 6.43. The Kier molecular flexibility index (Phi) is 4.62. The van der Waals surface area contributed by atoms with Crippen LogP contribution in [0.4, 0.5) is 0 Å². The molecule has 1 heterocycles. The summed E-state index contributed by atoms with van der Waals surface area (Å²) in [5.74, 6) is -0.371. The molecule has 0 spiro atoms. The van der Waals surface area contributed by atoms with Crippen LogP contribution in [0.3, 0.4) is 0 Å². The molecule has 21 heavy (non-hydrogen) atoms. The van der Waals surface area contributed by atoms with E-state index in [0.29, 0.717) is 6.42 Å². The van der Waals surface area contributed by atoms with Gasteiger partial charge in [0.2, 0.25) is 11.8 Å². The summed E-state index contributed by atoms with van der Waals surface area (Å²) in [6, 6.07) is 7.38. The number of carbonyl (C=O) groups excluding carboxylic acids is 2. The average Bonchev–Trinajstić information content (AvgIpc) is 2.80. The van der Waals surface area contributed by atoms with E-state index in [1.807, 2.05) is 44.3 Å². The Morgan fingerprint density at radius 2 is 1.90 bits per heavy atom. The zero-order chi connectivity index (χ0) is 15.4. The van der Waals surface area contributed by atoms with Gasteiger partial charge in [-0.2, -0.15) is 0 Å². The minimum atomic E-state index is -0.566. The first-order valence-electron chi connectivity index (χ1n) is 7.10. The van der Waals surface area contributed by atoms with Crippen molar-refractivity contribution in [2.45, 2.75) is 39.3 Å². The molecule has 2 rings (SSSR count). The number of carbonyl (C=O) groups is 2. The Labute approximate surface area is 124 Å². The van der Waals surface area contributed by atoms with Crippen molar-refractivity contribution in [3.8, 4) is 0 Å². The second-order valence-corrected chi connectivity index (χ2v) is 5.48. The fourth-order valence-corrected chi connectivity index (χ4v) is 2.36. The molecule has 5 heteroatoms. The molecular formula is C16H21N3O2. The summed E-state index contributed by atoms with van der Waals surface area (Å²) in [4.78, 5) is 26.7. The molecule has 0 unspecified atom stereocenters. The molecule has 112 valence electrons. The topological polar surface area (TPSA) is 74.0 Å². The summed E-state index contributed by atoms with van der Waals surface area (Å²) >= 11 is 0. The minimum absolute atomic E-state index is 0.0386. The highest BCUT2D eigenvalue weighted by molar-refractivity contribution is 5.89. The highest BCUT2D eigenvalue weighted by Gasteiger charge is 2.21. The van der Waals surface area contributed by atoms with E-state index in [2.05, 4.69) is 15.6 Å². The van der Waals surface area contributed by atoms with Crippen molar-refractivity contribution in [1.82, 2.24) is 15.6 Å². The van der Waals surface area contributed by atoms with Crippen LogP contribution in [0.5, 0.6) is 0 Å². The number of para-hydroxylation sites is 1. The molecule has 0 saturated carbocycles. The van der Waals surface area contributed by atoms with Crippen LogP contribution in [-0.2, 0) is 16.0 Å². The lowest BCUT2D eigenvalue weighted by Gasteiger charge is -2.19. The van der Waals surface area contributed by atoms with Gasteiger partial charge in [-0.25, -0.2) is 0 Å². The van der Waals surface area contributed by atoms with E-state index in [4.69, 9.17) is 0 Å². The van der Waals surface area contributed by atoms with Crippen LogP contribution in [0.1, 0.15) is 26.3 Å². The smallest absolute Gasteiger partial charge is 0.243 e. The molecule has 5 nitrogen and oxygen atoms in total. The number of aromatic amines is 1. The lowest BCUT2D eigenvalue weighted by molar-refractivity contribution is -0.128. The first kappa shape index (κ1) is 15.1. The lowest BCUT2D eigenvalue weighted by Crippen LogP contribution is -2.49. The maximum atomic E-state index is 12.2. The molecule has 0 aliphatic carbocycles. The summed E-state index contributed by atoms with van der Waals surface area (Å²) in [6.07, 6.45) is 2.35. The summed E-state index contributed by atoms with van der Waals surface area (Å²) in [5, 5.41) is 6.64. The van der Waals surface area contributed by atoms with Gasteiger partial charge in [-0.05, 0) is 25.5 Å². The first-order chi connectivity index (χ1) is 9.97. The number of nitrogens with one attached hydrogen (secondary N) is 3. The van der Waals surface area contributed by atoms with Crippen molar-refractivity contribution < 1.29 is 9.59 Å².